The van der Waals surface area contributed by atoms with Crippen molar-refractivity contribution in [3.8, 4) is 0 Å². The summed E-state index contributed by atoms with van der Waals surface area (Å²) in [5.74, 6) is -0.872. The first-order valence-electron chi connectivity index (χ1n) is 30.0. The predicted octanol–water partition coefficient (Wildman–Crippen LogP) is 20.0. The van der Waals surface area contributed by atoms with E-state index >= 15 is 0 Å². The number of unbranched alkanes of at least 4 members (excludes halogenated alkanes) is 38. The molecule has 0 amide bonds. The van der Waals surface area contributed by atoms with Crippen LogP contribution in [0.3, 0.4) is 0 Å². The molecule has 1 atom stereocenters. The van der Waals surface area contributed by atoms with Crippen LogP contribution in [-0.4, -0.2) is 37.2 Å². The van der Waals surface area contributed by atoms with Gasteiger partial charge in [-0.3, -0.25) is 14.4 Å². The molecular formula is C62H114O6. The molecule has 6 nitrogen and oxygen atoms in total. The maximum Gasteiger partial charge on any atom is 0.306 e. The van der Waals surface area contributed by atoms with E-state index in [0.29, 0.717) is 19.3 Å². The zero-order chi connectivity index (χ0) is 49.3. The van der Waals surface area contributed by atoms with Crippen LogP contribution in [0.5, 0.6) is 0 Å². The Labute approximate surface area is 423 Å². The largest absolute Gasteiger partial charge is 0.462 e. The highest BCUT2D eigenvalue weighted by molar-refractivity contribution is 5.71. The maximum absolute atomic E-state index is 12.8. The van der Waals surface area contributed by atoms with Crippen LogP contribution in [0.1, 0.15) is 323 Å². The number of hydrogen-bond acceptors (Lipinski definition) is 6. The van der Waals surface area contributed by atoms with E-state index in [1.54, 1.807) is 0 Å². The number of allylic oxidation sites excluding steroid dienone is 6. The molecular weight excluding hydrogens is 841 g/mol. The molecule has 0 radical (unpaired) electrons. The molecule has 0 aromatic carbocycles. The zero-order valence-electron chi connectivity index (χ0n) is 45.6. The lowest BCUT2D eigenvalue weighted by molar-refractivity contribution is -0.167. The van der Waals surface area contributed by atoms with Crippen molar-refractivity contribution in [3.05, 3.63) is 36.5 Å². The van der Waals surface area contributed by atoms with E-state index in [1.165, 1.54) is 186 Å². The third kappa shape index (κ3) is 54.6. The first-order chi connectivity index (χ1) is 33.5. The van der Waals surface area contributed by atoms with E-state index in [1.807, 2.05) is 0 Å². The van der Waals surface area contributed by atoms with E-state index in [2.05, 4.69) is 57.2 Å². The fourth-order valence-corrected chi connectivity index (χ4v) is 8.93. The number of esters is 3. The lowest BCUT2D eigenvalue weighted by Gasteiger charge is -2.18. The summed E-state index contributed by atoms with van der Waals surface area (Å²) in [5.41, 5.74) is 0. The van der Waals surface area contributed by atoms with Crippen LogP contribution in [0, 0.1) is 0 Å². The monoisotopic (exact) mass is 955 g/mol. The van der Waals surface area contributed by atoms with Gasteiger partial charge in [-0.2, -0.15) is 0 Å². The van der Waals surface area contributed by atoms with Gasteiger partial charge in [0.25, 0.3) is 0 Å². The molecule has 0 aliphatic rings. The molecule has 0 saturated heterocycles. The van der Waals surface area contributed by atoms with Gasteiger partial charge in [-0.05, 0) is 51.4 Å². The Balaban J connectivity index is 4.24. The lowest BCUT2D eigenvalue weighted by Crippen LogP contribution is -2.30. The highest BCUT2D eigenvalue weighted by Gasteiger charge is 2.19. The molecule has 1 unspecified atom stereocenters. The molecule has 0 aromatic heterocycles. The Morgan fingerprint density at radius 2 is 0.574 bits per heavy atom. The van der Waals surface area contributed by atoms with Crippen LogP contribution in [0.2, 0.25) is 0 Å². The molecule has 0 bridgehead atoms. The molecule has 0 aliphatic carbocycles. The van der Waals surface area contributed by atoms with Crippen molar-refractivity contribution in [2.45, 2.75) is 329 Å². The van der Waals surface area contributed by atoms with Crippen molar-refractivity contribution in [2.75, 3.05) is 13.2 Å². The number of carbonyl (C=O) groups is 3. The molecule has 0 N–H and O–H groups in total. The molecule has 6 heteroatoms. The first-order valence-corrected chi connectivity index (χ1v) is 30.0. The number of hydrogen-bond donors (Lipinski definition) is 0. The van der Waals surface area contributed by atoms with E-state index in [-0.39, 0.29) is 31.1 Å². The zero-order valence-corrected chi connectivity index (χ0v) is 45.6. The van der Waals surface area contributed by atoms with E-state index in [4.69, 9.17) is 14.2 Å². The van der Waals surface area contributed by atoms with Crippen LogP contribution >= 0.6 is 0 Å². The van der Waals surface area contributed by atoms with Crippen molar-refractivity contribution in [1.29, 1.82) is 0 Å². The van der Waals surface area contributed by atoms with Crippen LogP contribution in [0.15, 0.2) is 36.5 Å². The van der Waals surface area contributed by atoms with Crippen LogP contribution in [0.25, 0.3) is 0 Å². The molecule has 0 saturated carbocycles. The van der Waals surface area contributed by atoms with E-state index in [0.717, 1.165) is 96.3 Å². The summed E-state index contributed by atoms with van der Waals surface area (Å²) < 4.78 is 16.9. The summed E-state index contributed by atoms with van der Waals surface area (Å²) in [6, 6.07) is 0. The van der Waals surface area contributed by atoms with Crippen LogP contribution in [-0.2, 0) is 28.6 Å². The number of ether oxygens (including phenoxy) is 3. The van der Waals surface area contributed by atoms with Gasteiger partial charge in [0.2, 0.25) is 0 Å². The molecule has 0 aromatic rings. The SMILES string of the molecule is CC/C=C\C/C=C\C/C=C\CCCCCCCC(=O)OC(COC(=O)CCCCCCCCCCCCCC)COC(=O)CCCCCCCCCCCCCCCCCCCCCCCCC. The van der Waals surface area contributed by atoms with Crippen molar-refractivity contribution in [2.24, 2.45) is 0 Å². The summed E-state index contributed by atoms with van der Waals surface area (Å²) in [6.45, 7) is 6.56. The Morgan fingerprint density at radius 3 is 0.897 bits per heavy atom. The van der Waals surface area contributed by atoms with Gasteiger partial charge < -0.3 is 14.2 Å². The third-order valence-electron chi connectivity index (χ3n) is 13.4. The van der Waals surface area contributed by atoms with Gasteiger partial charge in [0, 0.05) is 19.3 Å². The first kappa shape index (κ1) is 65.6. The Bertz CT molecular complexity index is 1140. The maximum atomic E-state index is 12.8. The minimum Gasteiger partial charge on any atom is -0.462 e. The second-order valence-electron chi connectivity index (χ2n) is 20.2. The standard InChI is InChI=1S/C62H114O6/c1-4-7-10-13-16-19-22-25-27-28-29-30-31-32-33-34-36-37-40-43-46-49-52-55-61(64)67-58-59(57-66-60(63)54-51-48-45-42-39-24-21-18-15-12-9-6-3)68-62(65)56-53-50-47-44-41-38-35-26-23-20-17-14-11-8-5-2/h8,11,17,20,26,35,59H,4-7,9-10,12-16,18-19,21-25,27-34,36-58H2,1-3H3/b11-8-,20-17-,35-26-. The van der Waals surface area contributed by atoms with Crippen LogP contribution in [0.4, 0.5) is 0 Å². The minimum absolute atomic E-state index is 0.0744. The Morgan fingerprint density at radius 1 is 0.309 bits per heavy atom. The predicted molar refractivity (Wildman–Crippen MR) is 293 cm³/mol. The average Bonchev–Trinajstić information content (AvgIpc) is 3.34. The van der Waals surface area contributed by atoms with Crippen molar-refractivity contribution in [1.82, 2.24) is 0 Å². The van der Waals surface area contributed by atoms with Crippen molar-refractivity contribution >= 4 is 17.9 Å². The lowest BCUT2D eigenvalue weighted by atomic mass is 10.0. The molecule has 0 fully saturated rings. The second-order valence-corrected chi connectivity index (χ2v) is 20.2. The van der Waals surface area contributed by atoms with E-state index in [9.17, 15) is 14.4 Å². The third-order valence-corrected chi connectivity index (χ3v) is 13.4. The van der Waals surface area contributed by atoms with Gasteiger partial charge in [0.05, 0.1) is 0 Å². The molecule has 68 heavy (non-hydrogen) atoms. The fourth-order valence-electron chi connectivity index (χ4n) is 8.93. The minimum atomic E-state index is -0.777. The smallest absolute Gasteiger partial charge is 0.306 e. The van der Waals surface area contributed by atoms with Gasteiger partial charge in [0.1, 0.15) is 13.2 Å². The summed E-state index contributed by atoms with van der Waals surface area (Å²) in [6.07, 6.45) is 68.6. The quantitative estimate of drug-likeness (QED) is 0.0262. The summed E-state index contributed by atoms with van der Waals surface area (Å²) >= 11 is 0. The van der Waals surface area contributed by atoms with Gasteiger partial charge in [-0.1, -0.05) is 288 Å². The highest BCUT2D eigenvalue weighted by Crippen LogP contribution is 2.17. The molecule has 0 heterocycles. The van der Waals surface area contributed by atoms with E-state index < -0.39 is 6.10 Å². The molecule has 0 aliphatic heterocycles. The van der Waals surface area contributed by atoms with Crippen molar-refractivity contribution in [3.63, 3.8) is 0 Å². The van der Waals surface area contributed by atoms with Gasteiger partial charge in [0.15, 0.2) is 6.10 Å². The topological polar surface area (TPSA) is 78.9 Å². The van der Waals surface area contributed by atoms with Gasteiger partial charge >= 0.3 is 17.9 Å². The van der Waals surface area contributed by atoms with Gasteiger partial charge in [-0.15, -0.1) is 0 Å². The number of rotatable bonds is 55. The Hall–Kier alpha value is -2.37. The van der Waals surface area contributed by atoms with Gasteiger partial charge in [-0.25, -0.2) is 0 Å². The summed E-state index contributed by atoms with van der Waals surface area (Å²) in [7, 11) is 0. The normalized spacial score (nSPS) is 12.2. The number of carbonyl (C=O) groups excluding carboxylic acids is 3. The highest BCUT2D eigenvalue weighted by atomic mass is 16.6. The average molecular weight is 956 g/mol. The van der Waals surface area contributed by atoms with Crippen LogP contribution < -0.4 is 0 Å². The summed E-state index contributed by atoms with van der Waals surface area (Å²) in [5, 5.41) is 0. The fraction of sp³-hybridized carbons (Fsp3) is 0.855. The molecule has 0 rings (SSSR count). The molecule has 0 spiro atoms. The Kier molecular flexibility index (Phi) is 55.2. The van der Waals surface area contributed by atoms with Crippen molar-refractivity contribution < 1.29 is 28.6 Å². The second kappa shape index (κ2) is 57.2. The molecule has 398 valence electrons. The summed E-state index contributed by atoms with van der Waals surface area (Å²) in [4.78, 5) is 38.1.